The van der Waals surface area contributed by atoms with Gasteiger partial charge < -0.3 is 0 Å². The van der Waals surface area contributed by atoms with E-state index in [9.17, 15) is 0 Å². The van der Waals surface area contributed by atoms with Gasteiger partial charge in [-0.05, 0) is 71.6 Å². The van der Waals surface area contributed by atoms with E-state index in [0.29, 0.717) is 23.7 Å². The third kappa shape index (κ3) is 5.61. The van der Waals surface area contributed by atoms with Gasteiger partial charge >= 0.3 is 0 Å². The fraction of sp³-hybridized carbons (Fsp3) is 0.353. The maximum atomic E-state index is 2.51. The zero-order valence-corrected chi connectivity index (χ0v) is 20.4. The van der Waals surface area contributed by atoms with Gasteiger partial charge in [-0.3, -0.25) is 0 Å². The molecule has 2 aliphatic rings. The van der Waals surface area contributed by atoms with Crippen LogP contribution in [-0.2, 0) is 0 Å². The van der Waals surface area contributed by atoms with Gasteiger partial charge in [-0.2, -0.15) is 0 Å². The lowest BCUT2D eigenvalue weighted by molar-refractivity contribution is 0.363. The number of benzene rings is 3. The fourth-order valence-corrected chi connectivity index (χ4v) is 6.28. The molecular formula is C34H38. The zero-order valence-electron chi connectivity index (χ0n) is 20.4. The maximum absolute atomic E-state index is 2.51. The van der Waals surface area contributed by atoms with Gasteiger partial charge in [-0.25, -0.2) is 0 Å². The third-order valence-electron chi connectivity index (χ3n) is 8.14. The molecule has 0 radical (unpaired) electrons. The number of hydrogen-bond donors (Lipinski definition) is 0. The first-order valence-electron chi connectivity index (χ1n) is 13.4. The summed E-state index contributed by atoms with van der Waals surface area (Å²) in [4.78, 5) is 0. The molecule has 0 heterocycles. The average molecular weight is 447 g/mol. The number of hydrogen-bond acceptors (Lipinski definition) is 0. The molecule has 3 aromatic rings. The first kappa shape index (κ1) is 22.9. The predicted octanol–water partition coefficient (Wildman–Crippen LogP) is 9.66. The van der Waals surface area contributed by atoms with Gasteiger partial charge in [0.2, 0.25) is 0 Å². The van der Waals surface area contributed by atoms with Crippen LogP contribution >= 0.6 is 0 Å². The van der Waals surface area contributed by atoms with Crippen molar-refractivity contribution in [1.82, 2.24) is 0 Å². The summed E-state index contributed by atoms with van der Waals surface area (Å²) in [5.41, 5.74) is 5.72. The van der Waals surface area contributed by atoms with E-state index in [0.717, 1.165) is 0 Å². The molecule has 0 amide bonds. The summed E-state index contributed by atoms with van der Waals surface area (Å²) in [5, 5.41) is 0. The molecule has 2 fully saturated rings. The molecular weight excluding hydrogens is 408 g/mol. The van der Waals surface area contributed by atoms with E-state index in [1.807, 2.05) is 0 Å². The van der Waals surface area contributed by atoms with Gasteiger partial charge in [0, 0.05) is 0 Å². The van der Waals surface area contributed by atoms with Crippen LogP contribution < -0.4 is 0 Å². The Labute approximate surface area is 206 Å². The maximum Gasteiger partial charge on any atom is -0.00989 e. The fourth-order valence-electron chi connectivity index (χ4n) is 6.28. The van der Waals surface area contributed by atoms with Crippen molar-refractivity contribution in [3.8, 4) is 0 Å². The molecule has 0 aromatic heterocycles. The van der Waals surface area contributed by atoms with Crippen LogP contribution in [0.3, 0.4) is 0 Å². The van der Waals surface area contributed by atoms with Crippen molar-refractivity contribution in [1.29, 1.82) is 0 Å². The van der Waals surface area contributed by atoms with Crippen molar-refractivity contribution in [3.63, 3.8) is 0 Å². The Balaban J connectivity index is 1.34. The topological polar surface area (TPSA) is 0 Å². The highest BCUT2D eigenvalue weighted by Crippen LogP contribution is 2.40. The van der Waals surface area contributed by atoms with Crippen LogP contribution in [0, 0.1) is 11.8 Å². The van der Waals surface area contributed by atoms with Crippen molar-refractivity contribution in [2.24, 2.45) is 11.8 Å². The normalized spacial score (nSPS) is 25.6. The third-order valence-corrected chi connectivity index (χ3v) is 8.14. The molecule has 0 N–H and O–H groups in total. The molecule has 2 saturated carbocycles. The summed E-state index contributed by atoms with van der Waals surface area (Å²) in [6, 6.07) is 31.2. The summed E-state index contributed by atoms with van der Waals surface area (Å²) in [6.45, 7) is 0. The van der Waals surface area contributed by atoms with Gasteiger partial charge in [0.25, 0.3) is 0 Å². The van der Waals surface area contributed by atoms with Crippen molar-refractivity contribution in [2.75, 3.05) is 0 Å². The van der Waals surface area contributed by atoms with E-state index >= 15 is 0 Å². The van der Waals surface area contributed by atoms with E-state index in [1.165, 1.54) is 73.6 Å². The van der Waals surface area contributed by atoms with E-state index in [4.69, 9.17) is 0 Å². The standard InChI is InChI=1S/C34H38/c1-3-15-29(16-4-1)33-21-11-9-19-31(33)25-23-27-13-7-8-14-28(27)24-26-32-20-10-12-22-34(32)30-17-5-2-6-18-30/h1-8,13-18,23-26,31-34H,9-12,19-22H2. The van der Waals surface area contributed by atoms with Crippen LogP contribution in [0.15, 0.2) is 97.1 Å². The van der Waals surface area contributed by atoms with Crippen LogP contribution in [0.5, 0.6) is 0 Å². The van der Waals surface area contributed by atoms with Crippen molar-refractivity contribution in [2.45, 2.75) is 63.2 Å². The molecule has 0 bridgehead atoms. The van der Waals surface area contributed by atoms with Crippen molar-refractivity contribution < 1.29 is 0 Å². The molecule has 5 rings (SSSR count). The molecule has 34 heavy (non-hydrogen) atoms. The second-order valence-corrected chi connectivity index (χ2v) is 10.3. The predicted molar refractivity (Wildman–Crippen MR) is 147 cm³/mol. The van der Waals surface area contributed by atoms with Gasteiger partial charge in [0.05, 0.1) is 0 Å². The highest BCUT2D eigenvalue weighted by Gasteiger charge is 2.25. The first-order valence-corrected chi connectivity index (χ1v) is 13.4. The minimum atomic E-state index is 0.633. The van der Waals surface area contributed by atoms with Crippen molar-refractivity contribution in [3.05, 3.63) is 119 Å². The Kier molecular flexibility index (Phi) is 7.76. The van der Waals surface area contributed by atoms with Crippen LogP contribution in [-0.4, -0.2) is 0 Å². The highest BCUT2D eigenvalue weighted by molar-refractivity contribution is 5.65. The molecule has 0 nitrogen and oxygen atoms in total. The Hall–Kier alpha value is -2.86. The number of allylic oxidation sites excluding steroid dienone is 2. The quantitative estimate of drug-likeness (QED) is 0.353. The Morgan fingerprint density at radius 1 is 0.441 bits per heavy atom. The van der Waals surface area contributed by atoms with E-state index in [-0.39, 0.29) is 0 Å². The van der Waals surface area contributed by atoms with Gasteiger partial charge in [0.1, 0.15) is 0 Å². The Bertz CT molecular complexity index is 987. The van der Waals surface area contributed by atoms with Crippen molar-refractivity contribution >= 4 is 12.2 Å². The van der Waals surface area contributed by atoms with Crippen LogP contribution in [0.1, 0.15) is 85.5 Å². The summed E-state index contributed by atoms with van der Waals surface area (Å²) in [7, 11) is 0. The lowest BCUT2D eigenvalue weighted by atomic mass is 9.75. The van der Waals surface area contributed by atoms with Crippen LogP contribution in [0.2, 0.25) is 0 Å². The first-order chi connectivity index (χ1) is 16.9. The molecule has 2 aliphatic carbocycles. The molecule has 4 unspecified atom stereocenters. The number of rotatable bonds is 6. The largest absolute Gasteiger partial charge is 0.0802 e. The Morgan fingerprint density at radius 3 is 1.26 bits per heavy atom. The second-order valence-electron chi connectivity index (χ2n) is 10.3. The van der Waals surface area contributed by atoms with Gasteiger partial charge in [0.15, 0.2) is 0 Å². The highest BCUT2D eigenvalue weighted by atomic mass is 14.3. The lowest BCUT2D eigenvalue weighted by Gasteiger charge is -2.30. The van der Waals surface area contributed by atoms with Crippen LogP contribution in [0.4, 0.5) is 0 Å². The molecule has 174 valence electrons. The SMILES string of the molecule is C(=CC1CCCCC1c1ccccc1)c1ccccc1C=CC1CCCCC1c1ccccc1. The summed E-state index contributed by atoms with van der Waals surface area (Å²) in [5.74, 6) is 2.58. The molecule has 4 atom stereocenters. The minimum Gasteiger partial charge on any atom is -0.0802 e. The van der Waals surface area contributed by atoms with E-state index in [2.05, 4.69) is 109 Å². The summed E-state index contributed by atoms with van der Waals surface area (Å²) in [6.07, 6.45) is 20.5. The lowest BCUT2D eigenvalue weighted by Crippen LogP contribution is -2.16. The van der Waals surface area contributed by atoms with E-state index < -0.39 is 0 Å². The van der Waals surface area contributed by atoms with Crippen LogP contribution in [0.25, 0.3) is 12.2 Å². The molecule has 0 aliphatic heterocycles. The molecule has 0 heteroatoms. The summed E-state index contributed by atoms with van der Waals surface area (Å²) < 4.78 is 0. The van der Waals surface area contributed by atoms with E-state index in [1.54, 1.807) is 0 Å². The summed E-state index contributed by atoms with van der Waals surface area (Å²) >= 11 is 0. The molecule has 3 aromatic carbocycles. The monoisotopic (exact) mass is 446 g/mol. The van der Waals surface area contributed by atoms with Gasteiger partial charge in [-0.1, -0.05) is 135 Å². The minimum absolute atomic E-state index is 0.633. The second kappa shape index (κ2) is 11.5. The molecule has 0 spiro atoms. The Morgan fingerprint density at radius 2 is 0.824 bits per heavy atom. The smallest absolute Gasteiger partial charge is 0.00989 e. The average Bonchev–Trinajstić information content (AvgIpc) is 2.92. The van der Waals surface area contributed by atoms with Gasteiger partial charge in [-0.15, -0.1) is 0 Å². The molecule has 0 saturated heterocycles. The zero-order chi connectivity index (χ0) is 23.0.